The lowest BCUT2D eigenvalue weighted by atomic mass is 10.2. The Labute approximate surface area is 151 Å². The number of nitrogens with zero attached hydrogens (tertiary/aromatic N) is 2. The van der Waals surface area contributed by atoms with Crippen molar-refractivity contribution in [3.8, 4) is 0 Å². The van der Waals surface area contributed by atoms with Gasteiger partial charge in [-0.05, 0) is 17.4 Å². The van der Waals surface area contributed by atoms with E-state index in [2.05, 4.69) is 57.4 Å². The largest absolute Gasteiger partial charge is 0.352 e. The van der Waals surface area contributed by atoms with E-state index in [0.29, 0.717) is 12.5 Å². The topological polar surface area (TPSA) is 49.3 Å². The molecule has 0 saturated heterocycles. The van der Waals surface area contributed by atoms with Gasteiger partial charge in [-0.3, -0.25) is 4.99 Å². The number of rotatable bonds is 5. The van der Waals surface area contributed by atoms with Gasteiger partial charge < -0.3 is 10.6 Å². The third-order valence-electron chi connectivity index (χ3n) is 2.80. The molecule has 0 aliphatic rings. The van der Waals surface area contributed by atoms with Crippen LogP contribution in [0.25, 0.3) is 0 Å². The lowest BCUT2D eigenvalue weighted by Gasteiger charge is -2.09. The van der Waals surface area contributed by atoms with Gasteiger partial charge in [0, 0.05) is 17.3 Å². The van der Waals surface area contributed by atoms with Gasteiger partial charge in [-0.25, -0.2) is 4.98 Å². The summed E-state index contributed by atoms with van der Waals surface area (Å²) < 4.78 is 0. The number of hydrogen-bond acceptors (Lipinski definition) is 4. The third-order valence-corrected chi connectivity index (χ3v) is 4.55. The predicted octanol–water partition coefficient (Wildman–Crippen LogP) is 3.81. The fourth-order valence-corrected chi connectivity index (χ4v) is 3.18. The Balaban J connectivity index is 0.00000220. The molecule has 0 fully saturated rings. The summed E-state index contributed by atoms with van der Waals surface area (Å²) in [5.74, 6) is 1.29. The Morgan fingerprint density at radius 3 is 2.62 bits per heavy atom. The van der Waals surface area contributed by atoms with Gasteiger partial charge in [0.05, 0.1) is 18.8 Å². The smallest absolute Gasteiger partial charge is 0.191 e. The maximum Gasteiger partial charge on any atom is 0.191 e. The molecule has 2 heterocycles. The zero-order valence-electron chi connectivity index (χ0n) is 12.4. The fraction of sp³-hybridized carbons (Fsp3) is 0.429. The molecule has 0 aliphatic carbocycles. The molecule has 0 amide bonds. The molecular formula is C14H21IN4S2. The molecule has 0 saturated carbocycles. The molecule has 2 N–H and O–H groups in total. The lowest BCUT2D eigenvalue weighted by Crippen LogP contribution is -2.36. The van der Waals surface area contributed by atoms with Crippen LogP contribution in [0, 0.1) is 0 Å². The number of thiophene rings is 1. The summed E-state index contributed by atoms with van der Waals surface area (Å²) in [7, 11) is 1.78. The number of guanidine groups is 1. The molecule has 4 nitrogen and oxygen atoms in total. The number of halogens is 1. The minimum Gasteiger partial charge on any atom is -0.352 e. The minimum absolute atomic E-state index is 0. The van der Waals surface area contributed by atoms with Crippen LogP contribution < -0.4 is 10.6 Å². The first-order valence-electron chi connectivity index (χ1n) is 6.60. The number of thiazole rings is 1. The highest BCUT2D eigenvalue weighted by atomic mass is 127. The monoisotopic (exact) mass is 436 g/mol. The zero-order valence-corrected chi connectivity index (χ0v) is 16.4. The van der Waals surface area contributed by atoms with Gasteiger partial charge in [0.2, 0.25) is 0 Å². The van der Waals surface area contributed by atoms with Crippen molar-refractivity contribution in [2.24, 2.45) is 4.99 Å². The van der Waals surface area contributed by atoms with Gasteiger partial charge in [-0.15, -0.1) is 46.7 Å². The van der Waals surface area contributed by atoms with E-state index in [4.69, 9.17) is 0 Å². The molecule has 0 atom stereocenters. The molecule has 2 aromatic heterocycles. The molecule has 0 radical (unpaired) electrons. The number of hydrogen-bond donors (Lipinski definition) is 2. The Bertz CT molecular complexity index is 549. The first kappa shape index (κ1) is 18.4. The van der Waals surface area contributed by atoms with Crippen LogP contribution in [0.2, 0.25) is 0 Å². The first-order valence-corrected chi connectivity index (χ1v) is 8.36. The average Bonchev–Trinajstić information content (AvgIpc) is 3.10. The second-order valence-corrected chi connectivity index (χ2v) is 6.65. The van der Waals surface area contributed by atoms with Crippen molar-refractivity contribution < 1.29 is 0 Å². The first-order chi connectivity index (χ1) is 9.69. The molecular weight excluding hydrogens is 415 g/mol. The molecule has 0 aromatic carbocycles. The second kappa shape index (κ2) is 9.37. The number of aromatic nitrogens is 1. The van der Waals surface area contributed by atoms with E-state index < -0.39 is 0 Å². The molecule has 0 aliphatic heterocycles. The Kier molecular flexibility index (Phi) is 8.20. The maximum atomic E-state index is 4.60. The summed E-state index contributed by atoms with van der Waals surface area (Å²) in [5, 5.41) is 11.9. The minimum atomic E-state index is 0. The Morgan fingerprint density at radius 1 is 1.29 bits per heavy atom. The van der Waals surface area contributed by atoms with E-state index in [1.165, 1.54) is 4.88 Å². The van der Waals surface area contributed by atoms with Crippen molar-refractivity contribution in [2.75, 3.05) is 7.05 Å². The summed E-state index contributed by atoms with van der Waals surface area (Å²) in [6.07, 6.45) is 0. The van der Waals surface area contributed by atoms with E-state index in [0.717, 1.165) is 23.2 Å². The Hall–Kier alpha value is -0.670. The maximum absolute atomic E-state index is 4.60. The van der Waals surface area contributed by atoms with Crippen LogP contribution >= 0.6 is 46.7 Å². The molecule has 7 heteroatoms. The van der Waals surface area contributed by atoms with Crippen LogP contribution in [0.15, 0.2) is 27.9 Å². The molecule has 0 unspecified atom stereocenters. The highest BCUT2D eigenvalue weighted by molar-refractivity contribution is 14.0. The number of nitrogens with one attached hydrogen (secondary N) is 2. The zero-order chi connectivity index (χ0) is 14.4. The third kappa shape index (κ3) is 5.91. The predicted molar refractivity (Wildman–Crippen MR) is 103 cm³/mol. The fourth-order valence-electron chi connectivity index (χ4n) is 1.64. The summed E-state index contributed by atoms with van der Waals surface area (Å²) in [6.45, 7) is 5.83. The number of aliphatic imine (C=N–C) groups is 1. The summed E-state index contributed by atoms with van der Waals surface area (Å²) in [5.41, 5.74) is 1.16. The standard InChI is InChI=1S/C14H20N4S2.HI/c1-10(2)12-9-20-13(18-12)8-17-14(15-3)16-7-11-5-4-6-19-11;/h4-6,9-10H,7-8H2,1-3H3,(H2,15,16,17);1H. The second-order valence-electron chi connectivity index (χ2n) is 4.68. The van der Waals surface area contributed by atoms with Crippen molar-refractivity contribution in [2.45, 2.75) is 32.9 Å². The quantitative estimate of drug-likeness (QED) is 0.426. The van der Waals surface area contributed by atoms with Crippen LogP contribution in [-0.4, -0.2) is 18.0 Å². The van der Waals surface area contributed by atoms with E-state index in [9.17, 15) is 0 Å². The van der Waals surface area contributed by atoms with E-state index in [1.54, 1.807) is 29.7 Å². The van der Waals surface area contributed by atoms with Gasteiger partial charge in [0.15, 0.2) is 5.96 Å². The molecule has 116 valence electrons. The van der Waals surface area contributed by atoms with Gasteiger partial charge in [0.25, 0.3) is 0 Å². The molecule has 0 spiro atoms. The van der Waals surface area contributed by atoms with Crippen LogP contribution in [0.3, 0.4) is 0 Å². The van der Waals surface area contributed by atoms with E-state index >= 15 is 0 Å². The van der Waals surface area contributed by atoms with Gasteiger partial charge >= 0.3 is 0 Å². The van der Waals surface area contributed by atoms with Crippen LogP contribution in [-0.2, 0) is 13.1 Å². The van der Waals surface area contributed by atoms with Crippen LogP contribution in [0.1, 0.15) is 35.3 Å². The van der Waals surface area contributed by atoms with Crippen molar-refractivity contribution in [3.05, 3.63) is 38.5 Å². The van der Waals surface area contributed by atoms with Crippen LogP contribution in [0.4, 0.5) is 0 Å². The summed E-state index contributed by atoms with van der Waals surface area (Å²) >= 11 is 3.43. The van der Waals surface area contributed by atoms with Crippen molar-refractivity contribution in [1.82, 2.24) is 15.6 Å². The summed E-state index contributed by atoms with van der Waals surface area (Å²) in [4.78, 5) is 10.1. The Morgan fingerprint density at radius 2 is 2.05 bits per heavy atom. The SMILES string of the molecule is CN=C(NCc1cccs1)NCc1nc(C(C)C)cs1.I. The normalized spacial score (nSPS) is 11.3. The van der Waals surface area contributed by atoms with Crippen LogP contribution in [0.5, 0.6) is 0 Å². The molecule has 21 heavy (non-hydrogen) atoms. The highest BCUT2D eigenvalue weighted by Crippen LogP contribution is 2.17. The molecule has 0 bridgehead atoms. The summed E-state index contributed by atoms with van der Waals surface area (Å²) in [6, 6.07) is 4.17. The van der Waals surface area contributed by atoms with E-state index in [-0.39, 0.29) is 24.0 Å². The van der Waals surface area contributed by atoms with Crippen molar-refractivity contribution >= 4 is 52.6 Å². The highest BCUT2D eigenvalue weighted by Gasteiger charge is 2.06. The molecule has 2 rings (SSSR count). The van der Waals surface area contributed by atoms with Gasteiger partial charge in [-0.2, -0.15) is 0 Å². The lowest BCUT2D eigenvalue weighted by molar-refractivity contribution is 0.788. The van der Waals surface area contributed by atoms with Crippen molar-refractivity contribution in [1.29, 1.82) is 0 Å². The van der Waals surface area contributed by atoms with Crippen molar-refractivity contribution in [3.63, 3.8) is 0 Å². The molecule has 2 aromatic rings. The van der Waals surface area contributed by atoms with E-state index in [1.807, 2.05) is 0 Å². The average molecular weight is 436 g/mol. The van der Waals surface area contributed by atoms with Gasteiger partial charge in [0.1, 0.15) is 5.01 Å². The van der Waals surface area contributed by atoms with Gasteiger partial charge in [-0.1, -0.05) is 19.9 Å².